The highest BCUT2D eigenvalue weighted by Gasteiger charge is 2.22. The molecule has 1 atom stereocenters. The van der Waals surface area contributed by atoms with Crippen LogP contribution >= 0.6 is 0 Å². The van der Waals surface area contributed by atoms with Gasteiger partial charge in [0, 0.05) is 18.0 Å². The molecular weight excluding hydrogens is 502 g/mol. The first-order chi connectivity index (χ1) is 19.6. The fraction of sp³-hybridized carbons (Fsp3) is 0.121. The third-order valence-electron chi connectivity index (χ3n) is 6.46. The number of ether oxygens (including phenoxy) is 2. The number of nitrogens with two attached hydrogens (primary N) is 1. The summed E-state index contributed by atoms with van der Waals surface area (Å²) in [7, 11) is 0. The highest BCUT2D eigenvalue weighted by molar-refractivity contribution is 6.07. The first kappa shape index (κ1) is 26.4. The van der Waals surface area contributed by atoms with Crippen molar-refractivity contribution < 1.29 is 19.1 Å². The molecule has 2 amide bonds. The van der Waals surface area contributed by atoms with Crippen molar-refractivity contribution in [3.63, 3.8) is 0 Å². The standard InChI is InChI=1S/C33H29N3O4/c34-32(37)29(36-33(38)27-17-18-35-28-14-8-7-13-26(27)28)19-25-15-16-30(39-21-23-9-3-1-4-10-23)31(20-25)40-22-24-11-5-2-6-12-24/h1-18,20,29H,19,21-22H2,(H2,34,37)(H,36,38)/t29-/m0/s1. The van der Waals surface area contributed by atoms with E-state index in [0.717, 1.165) is 16.7 Å². The van der Waals surface area contributed by atoms with E-state index < -0.39 is 17.9 Å². The van der Waals surface area contributed by atoms with Crippen molar-refractivity contribution in [2.75, 3.05) is 0 Å². The van der Waals surface area contributed by atoms with Gasteiger partial charge in [-0.25, -0.2) is 0 Å². The molecule has 5 rings (SSSR count). The van der Waals surface area contributed by atoms with Crippen molar-refractivity contribution in [3.05, 3.63) is 138 Å². The molecular formula is C33H29N3O4. The highest BCUT2D eigenvalue weighted by atomic mass is 16.5. The zero-order chi connectivity index (χ0) is 27.7. The van der Waals surface area contributed by atoms with Gasteiger partial charge in [0.2, 0.25) is 5.91 Å². The fourth-order valence-electron chi connectivity index (χ4n) is 4.37. The molecule has 40 heavy (non-hydrogen) atoms. The van der Waals surface area contributed by atoms with Crippen molar-refractivity contribution in [2.24, 2.45) is 5.73 Å². The zero-order valence-corrected chi connectivity index (χ0v) is 21.8. The molecule has 7 heteroatoms. The predicted molar refractivity (Wildman–Crippen MR) is 154 cm³/mol. The largest absolute Gasteiger partial charge is 0.485 e. The fourth-order valence-corrected chi connectivity index (χ4v) is 4.37. The second kappa shape index (κ2) is 12.6. The number of hydrogen-bond acceptors (Lipinski definition) is 5. The summed E-state index contributed by atoms with van der Waals surface area (Å²) in [6.07, 6.45) is 1.76. The molecule has 0 spiro atoms. The minimum atomic E-state index is -0.933. The van der Waals surface area contributed by atoms with Gasteiger partial charge in [-0.05, 0) is 41.0 Å². The third-order valence-corrected chi connectivity index (χ3v) is 6.46. The second-order valence-corrected chi connectivity index (χ2v) is 9.34. The van der Waals surface area contributed by atoms with Crippen molar-refractivity contribution in [3.8, 4) is 11.5 Å². The van der Waals surface area contributed by atoms with Crippen LogP contribution in [-0.2, 0) is 24.4 Å². The Morgan fingerprint density at radius 2 is 1.35 bits per heavy atom. The summed E-state index contributed by atoms with van der Waals surface area (Å²) < 4.78 is 12.2. The number of carbonyl (C=O) groups is 2. The van der Waals surface area contributed by atoms with Crippen molar-refractivity contribution in [1.82, 2.24) is 10.3 Å². The Balaban J connectivity index is 1.35. The molecule has 1 aromatic heterocycles. The van der Waals surface area contributed by atoms with E-state index in [1.807, 2.05) is 103 Å². The number of fused-ring (bicyclic) bond motifs is 1. The van der Waals surface area contributed by atoms with Gasteiger partial charge in [-0.3, -0.25) is 14.6 Å². The van der Waals surface area contributed by atoms with Crippen LogP contribution in [0.25, 0.3) is 10.9 Å². The normalized spacial score (nSPS) is 11.5. The van der Waals surface area contributed by atoms with E-state index in [0.29, 0.717) is 41.2 Å². The van der Waals surface area contributed by atoms with Crippen LogP contribution in [0.15, 0.2) is 115 Å². The molecule has 3 N–H and O–H groups in total. The monoisotopic (exact) mass is 531 g/mol. The van der Waals surface area contributed by atoms with E-state index in [2.05, 4.69) is 10.3 Å². The molecule has 0 aliphatic heterocycles. The Hall–Kier alpha value is -5.17. The van der Waals surface area contributed by atoms with Gasteiger partial charge in [-0.15, -0.1) is 0 Å². The number of carbonyl (C=O) groups excluding carboxylic acids is 2. The van der Waals surface area contributed by atoms with Gasteiger partial charge in [0.05, 0.1) is 11.1 Å². The van der Waals surface area contributed by atoms with Crippen molar-refractivity contribution >= 4 is 22.7 Å². The molecule has 0 aliphatic carbocycles. The second-order valence-electron chi connectivity index (χ2n) is 9.34. The van der Waals surface area contributed by atoms with E-state index in [1.54, 1.807) is 12.3 Å². The minimum absolute atomic E-state index is 0.185. The topological polar surface area (TPSA) is 104 Å². The van der Waals surface area contributed by atoms with Crippen molar-refractivity contribution in [1.29, 1.82) is 0 Å². The van der Waals surface area contributed by atoms with Crippen LogP contribution in [0.4, 0.5) is 0 Å². The van der Waals surface area contributed by atoms with Gasteiger partial charge in [0.1, 0.15) is 19.3 Å². The summed E-state index contributed by atoms with van der Waals surface area (Å²) in [5, 5.41) is 3.50. The number of amides is 2. The van der Waals surface area contributed by atoms with Crippen molar-refractivity contribution in [2.45, 2.75) is 25.7 Å². The van der Waals surface area contributed by atoms with Crippen LogP contribution in [0.3, 0.4) is 0 Å². The number of benzene rings is 4. The van der Waals surface area contributed by atoms with E-state index in [-0.39, 0.29) is 6.42 Å². The van der Waals surface area contributed by atoms with Gasteiger partial charge < -0.3 is 20.5 Å². The summed E-state index contributed by atoms with van der Waals surface area (Å²) in [5.41, 5.74) is 9.63. The maximum absolute atomic E-state index is 13.2. The highest BCUT2D eigenvalue weighted by Crippen LogP contribution is 2.31. The number of nitrogens with one attached hydrogen (secondary N) is 1. The number of primary amides is 1. The lowest BCUT2D eigenvalue weighted by Crippen LogP contribution is -2.45. The number of pyridine rings is 1. The predicted octanol–water partition coefficient (Wildman–Crippen LogP) is 5.22. The molecule has 0 bridgehead atoms. The summed E-state index contributed by atoms with van der Waals surface area (Å²) in [6, 6.07) is 33.2. The Morgan fingerprint density at radius 3 is 2.02 bits per heavy atom. The van der Waals surface area contributed by atoms with E-state index in [9.17, 15) is 9.59 Å². The molecule has 7 nitrogen and oxygen atoms in total. The number of nitrogens with zero attached hydrogens (tertiary/aromatic N) is 1. The maximum atomic E-state index is 13.2. The Labute approximate surface area is 232 Å². The van der Waals surface area contributed by atoms with E-state index >= 15 is 0 Å². The molecule has 0 radical (unpaired) electrons. The summed E-state index contributed by atoms with van der Waals surface area (Å²) in [5.74, 6) is 0.0760. The smallest absolute Gasteiger partial charge is 0.252 e. The summed E-state index contributed by atoms with van der Waals surface area (Å²) >= 11 is 0. The summed E-state index contributed by atoms with van der Waals surface area (Å²) in [4.78, 5) is 29.9. The molecule has 200 valence electrons. The quantitative estimate of drug-likeness (QED) is 0.243. The maximum Gasteiger partial charge on any atom is 0.252 e. The van der Waals surface area contributed by atoms with Gasteiger partial charge in [0.15, 0.2) is 11.5 Å². The molecule has 0 unspecified atom stereocenters. The van der Waals surface area contributed by atoms with Crippen LogP contribution in [0.5, 0.6) is 11.5 Å². The number of hydrogen-bond donors (Lipinski definition) is 2. The van der Waals surface area contributed by atoms with Crippen LogP contribution in [0.2, 0.25) is 0 Å². The molecule has 0 aliphatic rings. The number of aromatic nitrogens is 1. The Bertz CT molecular complexity index is 1600. The SMILES string of the molecule is NC(=O)[C@H](Cc1ccc(OCc2ccccc2)c(OCc2ccccc2)c1)NC(=O)c1ccnc2ccccc12. The molecule has 4 aromatic carbocycles. The number of para-hydroxylation sites is 1. The summed E-state index contributed by atoms with van der Waals surface area (Å²) in [6.45, 7) is 0.721. The minimum Gasteiger partial charge on any atom is -0.485 e. The van der Waals surface area contributed by atoms with Crippen LogP contribution < -0.4 is 20.5 Å². The average molecular weight is 532 g/mol. The molecule has 0 saturated heterocycles. The van der Waals surface area contributed by atoms with Gasteiger partial charge in [-0.1, -0.05) is 84.9 Å². The molecule has 5 aromatic rings. The van der Waals surface area contributed by atoms with Crippen LogP contribution in [-0.4, -0.2) is 22.8 Å². The third kappa shape index (κ3) is 6.63. The lowest BCUT2D eigenvalue weighted by molar-refractivity contribution is -0.119. The zero-order valence-electron chi connectivity index (χ0n) is 21.8. The van der Waals surface area contributed by atoms with Crippen LogP contribution in [0, 0.1) is 0 Å². The van der Waals surface area contributed by atoms with Gasteiger partial charge >= 0.3 is 0 Å². The van der Waals surface area contributed by atoms with E-state index in [4.69, 9.17) is 15.2 Å². The Morgan fingerprint density at radius 1 is 0.725 bits per heavy atom. The van der Waals surface area contributed by atoms with Crippen LogP contribution in [0.1, 0.15) is 27.0 Å². The van der Waals surface area contributed by atoms with Gasteiger partial charge in [0.25, 0.3) is 5.91 Å². The first-order valence-electron chi connectivity index (χ1n) is 13.0. The van der Waals surface area contributed by atoms with E-state index in [1.165, 1.54) is 0 Å². The molecule has 1 heterocycles. The Kier molecular flexibility index (Phi) is 8.32. The number of rotatable bonds is 11. The lowest BCUT2D eigenvalue weighted by atomic mass is 10.0. The lowest BCUT2D eigenvalue weighted by Gasteiger charge is -2.18. The molecule has 0 fully saturated rings. The van der Waals surface area contributed by atoms with Gasteiger partial charge in [-0.2, -0.15) is 0 Å². The first-order valence-corrected chi connectivity index (χ1v) is 13.0. The molecule has 0 saturated carbocycles. The average Bonchev–Trinajstić information content (AvgIpc) is 2.99.